The lowest BCUT2D eigenvalue weighted by Crippen LogP contribution is -2.28. The Morgan fingerprint density at radius 3 is 3.00 bits per heavy atom. The van der Waals surface area contributed by atoms with Gasteiger partial charge >= 0.3 is 0 Å². The molecule has 0 aliphatic carbocycles. The van der Waals surface area contributed by atoms with Crippen LogP contribution in [0.2, 0.25) is 0 Å². The largest absolute Gasteiger partial charge is 0.383 e. The third kappa shape index (κ3) is 4.04. The molecule has 5 heteroatoms. The highest BCUT2D eigenvalue weighted by molar-refractivity contribution is 5.87. The van der Waals surface area contributed by atoms with Gasteiger partial charge in [0.2, 0.25) is 5.91 Å². The second-order valence-electron chi connectivity index (χ2n) is 5.59. The summed E-state index contributed by atoms with van der Waals surface area (Å²) in [6.07, 6.45) is 4.16. The van der Waals surface area contributed by atoms with Crippen LogP contribution in [-0.2, 0) is 22.5 Å². The molecule has 0 bridgehead atoms. The first-order chi connectivity index (χ1) is 10.1. The normalized spacial score (nSPS) is 11.2. The van der Waals surface area contributed by atoms with Crippen molar-refractivity contribution in [3.05, 3.63) is 30.1 Å². The van der Waals surface area contributed by atoms with Crippen molar-refractivity contribution in [3.63, 3.8) is 0 Å². The fourth-order valence-corrected chi connectivity index (χ4v) is 2.25. The Morgan fingerprint density at radius 2 is 2.29 bits per heavy atom. The molecule has 114 valence electrons. The zero-order valence-electron chi connectivity index (χ0n) is 12.9. The van der Waals surface area contributed by atoms with Crippen LogP contribution in [0.1, 0.15) is 19.4 Å². The molecule has 21 heavy (non-hydrogen) atoms. The Balaban J connectivity index is 2.17. The molecule has 0 saturated heterocycles. The van der Waals surface area contributed by atoms with E-state index in [1.807, 2.05) is 22.9 Å². The molecule has 1 N–H and O–H groups in total. The summed E-state index contributed by atoms with van der Waals surface area (Å²) < 4.78 is 7.17. The third-order valence-corrected chi connectivity index (χ3v) is 3.31. The summed E-state index contributed by atoms with van der Waals surface area (Å²) in [5, 5.41) is 3.99. The Morgan fingerprint density at radius 1 is 1.48 bits per heavy atom. The maximum Gasteiger partial charge on any atom is 0.224 e. The van der Waals surface area contributed by atoms with E-state index in [1.54, 1.807) is 13.3 Å². The number of rotatable bonds is 7. The number of amides is 1. The standard InChI is InChI=1S/C16H23N3O2/c1-12(2)10-18-15(20)9-13-11-19(7-8-21-3)16-14(13)5-4-6-17-16/h4-6,11-12H,7-10H2,1-3H3,(H,18,20). The minimum absolute atomic E-state index is 0.0540. The van der Waals surface area contributed by atoms with Crippen LogP contribution in [0.25, 0.3) is 11.0 Å². The number of hydrogen-bond donors (Lipinski definition) is 1. The lowest BCUT2D eigenvalue weighted by atomic mass is 10.1. The van der Waals surface area contributed by atoms with E-state index in [4.69, 9.17) is 4.74 Å². The molecule has 0 atom stereocenters. The molecule has 2 aromatic heterocycles. The molecular formula is C16H23N3O2. The second-order valence-corrected chi connectivity index (χ2v) is 5.59. The number of nitrogens with zero attached hydrogens (tertiary/aromatic N) is 2. The zero-order valence-corrected chi connectivity index (χ0v) is 12.9. The molecule has 0 unspecified atom stereocenters. The topological polar surface area (TPSA) is 56.1 Å². The number of ether oxygens (including phenoxy) is 1. The van der Waals surface area contributed by atoms with Crippen molar-refractivity contribution in [3.8, 4) is 0 Å². The molecule has 1 amide bonds. The molecule has 0 fully saturated rings. The molecule has 5 nitrogen and oxygen atoms in total. The molecule has 0 spiro atoms. The van der Waals surface area contributed by atoms with Crippen LogP contribution in [0.15, 0.2) is 24.5 Å². The molecular weight excluding hydrogens is 266 g/mol. The van der Waals surface area contributed by atoms with Crippen LogP contribution in [0, 0.1) is 5.92 Å². The highest BCUT2D eigenvalue weighted by Gasteiger charge is 2.12. The van der Waals surface area contributed by atoms with E-state index in [9.17, 15) is 4.79 Å². The van der Waals surface area contributed by atoms with E-state index in [0.717, 1.165) is 23.1 Å². The Bertz CT molecular complexity index is 605. The molecule has 0 radical (unpaired) electrons. The molecule has 2 heterocycles. The number of carbonyl (C=O) groups is 1. The number of aromatic nitrogens is 2. The SMILES string of the molecule is COCCn1cc(CC(=O)NCC(C)C)c2cccnc21. The second kappa shape index (κ2) is 7.22. The number of fused-ring (bicyclic) bond motifs is 1. The van der Waals surface area contributed by atoms with Gasteiger partial charge in [0.1, 0.15) is 5.65 Å². The lowest BCUT2D eigenvalue weighted by molar-refractivity contribution is -0.120. The maximum absolute atomic E-state index is 12.0. The van der Waals surface area contributed by atoms with Gasteiger partial charge in [-0.05, 0) is 23.6 Å². The van der Waals surface area contributed by atoms with Gasteiger partial charge in [-0.25, -0.2) is 4.98 Å². The Kier molecular flexibility index (Phi) is 5.33. The summed E-state index contributed by atoms with van der Waals surface area (Å²) in [6, 6.07) is 3.91. The van der Waals surface area contributed by atoms with Crippen LogP contribution in [-0.4, -0.2) is 35.7 Å². The molecule has 0 aromatic carbocycles. The lowest BCUT2D eigenvalue weighted by Gasteiger charge is -2.06. The highest BCUT2D eigenvalue weighted by atomic mass is 16.5. The van der Waals surface area contributed by atoms with Gasteiger partial charge < -0.3 is 14.6 Å². The van der Waals surface area contributed by atoms with E-state index in [-0.39, 0.29) is 5.91 Å². The summed E-state index contributed by atoms with van der Waals surface area (Å²) in [5.74, 6) is 0.511. The summed E-state index contributed by atoms with van der Waals surface area (Å²) in [7, 11) is 1.68. The van der Waals surface area contributed by atoms with Crippen molar-refractivity contribution in [1.29, 1.82) is 0 Å². The van der Waals surface area contributed by atoms with Gasteiger partial charge in [-0.1, -0.05) is 13.8 Å². The van der Waals surface area contributed by atoms with Crippen molar-refractivity contribution >= 4 is 16.9 Å². The third-order valence-electron chi connectivity index (χ3n) is 3.31. The average molecular weight is 289 g/mol. The Labute approximate surface area is 125 Å². The van der Waals surface area contributed by atoms with Crippen molar-refractivity contribution in [2.75, 3.05) is 20.3 Å². The van der Waals surface area contributed by atoms with Crippen LogP contribution >= 0.6 is 0 Å². The number of hydrogen-bond acceptors (Lipinski definition) is 3. The summed E-state index contributed by atoms with van der Waals surface area (Å²) in [4.78, 5) is 16.4. The van der Waals surface area contributed by atoms with Gasteiger partial charge in [0, 0.05) is 38.0 Å². The first-order valence-corrected chi connectivity index (χ1v) is 7.30. The van der Waals surface area contributed by atoms with Gasteiger partial charge in [-0.2, -0.15) is 0 Å². The van der Waals surface area contributed by atoms with E-state index >= 15 is 0 Å². The summed E-state index contributed by atoms with van der Waals surface area (Å²) >= 11 is 0. The van der Waals surface area contributed by atoms with Crippen molar-refractivity contribution in [2.24, 2.45) is 5.92 Å². The van der Waals surface area contributed by atoms with Gasteiger partial charge in [-0.3, -0.25) is 4.79 Å². The first-order valence-electron chi connectivity index (χ1n) is 7.30. The van der Waals surface area contributed by atoms with E-state index in [2.05, 4.69) is 24.1 Å². The fourth-order valence-electron chi connectivity index (χ4n) is 2.25. The van der Waals surface area contributed by atoms with Crippen LogP contribution < -0.4 is 5.32 Å². The fraction of sp³-hybridized carbons (Fsp3) is 0.500. The van der Waals surface area contributed by atoms with Gasteiger partial charge in [0.25, 0.3) is 0 Å². The van der Waals surface area contributed by atoms with E-state index in [0.29, 0.717) is 25.5 Å². The summed E-state index contributed by atoms with van der Waals surface area (Å²) in [5.41, 5.74) is 1.91. The molecule has 2 rings (SSSR count). The number of pyridine rings is 1. The molecule has 0 saturated carbocycles. The smallest absolute Gasteiger partial charge is 0.224 e. The van der Waals surface area contributed by atoms with Crippen molar-refractivity contribution in [1.82, 2.24) is 14.9 Å². The predicted molar refractivity (Wildman–Crippen MR) is 83.2 cm³/mol. The summed E-state index contributed by atoms with van der Waals surface area (Å²) in [6.45, 7) is 6.23. The average Bonchev–Trinajstić information content (AvgIpc) is 2.81. The quantitative estimate of drug-likeness (QED) is 0.848. The molecule has 0 aliphatic rings. The number of nitrogens with one attached hydrogen (secondary N) is 1. The number of carbonyl (C=O) groups excluding carboxylic acids is 1. The van der Waals surface area contributed by atoms with E-state index < -0.39 is 0 Å². The minimum atomic E-state index is 0.0540. The van der Waals surface area contributed by atoms with Crippen LogP contribution in [0.5, 0.6) is 0 Å². The zero-order chi connectivity index (χ0) is 15.2. The van der Waals surface area contributed by atoms with Gasteiger partial charge in [0.05, 0.1) is 13.0 Å². The van der Waals surface area contributed by atoms with Crippen LogP contribution in [0.4, 0.5) is 0 Å². The molecule has 0 aliphatic heterocycles. The van der Waals surface area contributed by atoms with Gasteiger partial charge in [-0.15, -0.1) is 0 Å². The van der Waals surface area contributed by atoms with Gasteiger partial charge in [0.15, 0.2) is 0 Å². The minimum Gasteiger partial charge on any atom is -0.383 e. The van der Waals surface area contributed by atoms with E-state index in [1.165, 1.54) is 0 Å². The maximum atomic E-state index is 12.0. The molecule has 2 aromatic rings. The first kappa shape index (κ1) is 15.5. The highest BCUT2D eigenvalue weighted by Crippen LogP contribution is 2.19. The number of methoxy groups -OCH3 is 1. The monoisotopic (exact) mass is 289 g/mol. The predicted octanol–water partition coefficient (Wildman–Crippen LogP) is 2.00. The van der Waals surface area contributed by atoms with Crippen molar-refractivity contribution < 1.29 is 9.53 Å². The van der Waals surface area contributed by atoms with Crippen LogP contribution in [0.3, 0.4) is 0 Å². The Hall–Kier alpha value is -1.88. The van der Waals surface area contributed by atoms with Crippen molar-refractivity contribution in [2.45, 2.75) is 26.8 Å².